The molecule has 0 spiro atoms. The minimum Gasteiger partial charge on any atom is -0.355 e. The first-order valence-corrected chi connectivity index (χ1v) is 11.9. The minimum atomic E-state index is 0. The lowest BCUT2D eigenvalue weighted by Gasteiger charge is -2.33. The molecule has 2 aliphatic rings. The third kappa shape index (κ3) is 8.86. The van der Waals surface area contributed by atoms with E-state index in [0.717, 1.165) is 64.5 Å². The average molecular weight is 557 g/mol. The third-order valence-corrected chi connectivity index (χ3v) is 6.32. The van der Waals surface area contributed by atoms with Gasteiger partial charge in [0.2, 0.25) is 5.91 Å². The predicted molar refractivity (Wildman–Crippen MR) is 143 cm³/mol. The van der Waals surface area contributed by atoms with E-state index < -0.39 is 0 Å². The zero-order chi connectivity index (χ0) is 21.9. The number of carbonyl (C=O) groups excluding carboxylic acids is 1. The van der Waals surface area contributed by atoms with E-state index >= 15 is 0 Å². The number of rotatable bonds is 9. The van der Waals surface area contributed by atoms with Crippen LogP contribution in [0.15, 0.2) is 35.3 Å². The molecule has 2 heterocycles. The second kappa shape index (κ2) is 14.7. The molecule has 1 unspecified atom stereocenters. The van der Waals surface area contributed by atoms with Gasteiger partial charge in [-0.1, -0.05) is 37.3 Å². The third-order valence-electron chi connectivity index (χ3n) is 6.32. The van der Waals surface area contributed by atoms with Gasteiger partial charge in [-0.15, -0.1) is 24.0 Å². The zero-order valence-electron chi connectivity index (χ0n) is 19.7. The molecule has 0 saturated carbocycles. The van der Waals surface area contributed by atoms with E-state index in [1.165, 1.54) is 18.4 Å². The predicted octanol–water partition coefficient (Wildman–Crippen LogP) is 2.42. The first-order chi connectivity index (χ1) is 15.2. The summed E-state index contributed by atoms with van der Waals surface area (Å²) in [6.07, 6.45) is 5.54. The molecule has 8 heteroatoms. The lowest BCUT2D eigenvalue weighted by atomic mass is 10.1. The molecule has 0 radical (unpaired) electrons. The molecule has 0 aliphatic carbocycles. The maximum atomic E-state index is 11.9. The second-order valence-corrected chi connectivity index (χ2v) is 8.75. The number of piperidine rings is 1. The number of aliphatic imine (C=N–C) groups is 1. The van der Waals surface area contributed by atoms with Crippen molar-refractivity contribution in [2.24, 2.45) is 4.99 Å². The molecule has 0 bridgehead atoms. The van der Waals surface area contributed by atoms with Crippen molar-refractivity contribution in [3.05, 3.63) is 35.9 Å². The van der Waals surface area contributed by atoms with Crippen LogP contribution in [0.2, 0.25) is 0 Å². The van der Waals surface area contributed by atoms with Crippen LogP contribution >= 0.6 is 24.0 Å². The molecule has 3 rings (SSSR count). The van der Waals surface area contributed by atoms with Gasteiger partial charge in [0.15, 0.2) is 5.96 Å². The van der Waals surface area contributed by atoms with E-state index in [0.29, 0.717) is 18.6 Å². The monoisotopic (exact) mass is 556 g/mol. The zero-order valence-corrected chi connectivity index (χ0v) is 22.0. The Labute approximate surface area is 210 Å². The largest absolute Gasteiger partial charge is 0.355 e. The van der Waals surface area contributed by atoms with Crippen LogP contribution in [-0.4, -0.2) is 80.1 Å². The minimum absolute atomic E-state index is 0. The van der Waals surface area contributed by atoms with Crippen LogP contribution in [0.4, 0.5) is 0 Å². The quantitative estimate of drug-likeness (QED) is 0.248. The molecule has 1 amide bonds. The first-order valence-electron chi connectivity index (χ1n) is 11.9. The highest BCUT2D eigenvalue weighted by Crippen LogP contribution is 2.19. The number of likely N-dealkylation sites (tertiary alicyclic amines) is 2. The number of carbonyl (C=O) groups is 1. The topological polar surface area (TPSA) is 72.0 Å². The van der Waals surface area contributed by atoms with Gasteiger partial charge >= 0.3 is 0 Å². The summed E-state index contributed by atoms with van der Waals surface area (Å²) in [4.78, 5) is 21.2. The van der Waals surface area contributed by atoms with Crippen LogP contribution in [-0.2, 0) is 11.3 Å². The van der Waals surface area contributed by atoms with Crippen LogP contribution in [0, 0.1) is 0 Å². The van der Waals surface area contributed by atoms with Crippen molar-refractivity contribution in [2.75, 3.05) is 46.3 Å². The Balaban J connectivity index is 0.00000363. The summed E-state index contributed by atoms with van der Waals surface area (Å²) in [7, 11) is 1.85. The lowest BCUT2D eigenvalue weighted by molar-refractivity contribution is -0.122. The smallest absolute Gasteiger partial charge is 0.234 e. The molecule has 1 aromatic rings. The fourth-order valence-electron chi connectivity index (χ4n) is 4.51. The summed E-state index contributed by atoms with van der Waals surface area (Å²) in [6.45, 7) is 8.35. The van der Waals surface area contributed by atoms with Gasteiger partial charge in [-0.2, -0.15) is 0 Å². The fourth-order valence-corrected chi connectivity index (χ4v) is 4.51. The van der Waals surface area contributed by atoms with Crippen LogP contribution < -0.4 is 16.0 Å². The van der Waals surface area contributed by atoms with Gasteiger partial charge in [-0.25, -0.2) is 0 Å². The van der Waals surface area contributed by atoms with Crippen molar-refractivity contribution in [2.45, 2.75) is 57.7 Å². The van der Waals surface area contributed by atoms with E-state index in [1.54, 1.807) is 0 Å². The normalized spacial score (nSPS) is 20.6. The van der Waals surface area contributed by atoms with Crippen LogP contribution in [0.3, 0.4) is 0 Å². The van der Waals surface area contributed by atoms with E-state index in [9.17, 15) is 4.79 Å². The number of guanidine groups is 1. The van der Waals surface area contributed by atoms with Crippen LogP contribution in [0.1, 0.15) is 44.6 Å². The van der Waals surface area contributed by atoms with Crippen molar-refractivity contribution in [1.82, 2.24) is 25.8 Å². The number of nitrogens with zero attached hydrogens (tertiary/aromatic N) is 3. The fraction of sp³-hybridized carbons (Fsp3) is 0.667. The summed E-state index contributed by atoms with van der Waals surface area (Å²) in [5.74, 6) is 1.04. The highest BCUT2D eigenvalue weighted by molar-refractivity contribution is 14.0. The molecular formula is C24H41IN6O. The van der Waals surface area contributed by atoms with Crippen molar-refractivity contribution >= 4 is 35.8 Å². The molecular weight excluding hydrogens is 515 g/mol. The maximum Gasteiger partial charge on any atom is 0.234 e. The molecule has 0 aromatic heterocycles. The van der Waals surface area contributed by atoms with E-state index in [-0.39, 0.29) is 29.9 Å². The van der Waals surface area contributed by atoms with Crippen molar-refractivity contribution in [3.8, 4) is 0 Å². The Morgan fingerprint density at radius 2 is 1.84 bits per heavy atom. The summed E-state index contributed by atoms with van der Waals surface area (Å²) >= 11 is 0. The van der Waals surface area contributed by atoms with E-state index in [4.69, 9.17) is 0 Å². The van der Waals surface area contributed by atoms with Crippen LogP contribution in [0.5, 0.6) is 0 Å². The van der Waals surface area contributed by atoms with Gasteiger partial charge in [-0.05, 0) is 44.2 Å². The summed E-state index contributed by atoms with van der Waals surface area (Å²) in [5, 5.41) is 10.1. The van der Waals surface area contributed by atoms with Gasteiger partial charge in [-0.3, -0.25) is 19.6 Å². The van der Waals surface area contributed by atoms with Crippen molar-refractivity contribution < 1.29 is 4.79 Å². The van der Waals surface area contributed by atoms with Crippen LogP contribution in [0.25, 0.3) is 0 Å². The standard InChI is InChI=1S/C24H40N6O.HI/c1-3-13-26-23(31)19-29-15-11-21(12-16-29)28-24(25-2)27-17-22-10-7-14-30(22)18-20-8-5-4-6-9-20;/h4-6,8-9,21-22H,3,7,10-19H2,1-2H3,(H,26,31)(H2,25,27,28);1H. The Kier molecular flexibility index (Phi) is 12.3. The molecule has 2 aliphatic heterocycles. The molecule has 1 aromatic carbocycles. The van der Waals surface area contributed by atoms with E-state index in [2.05, 4.69) is 68.0 Å². The highest BCUT2D eigenvalue weighted by Gasteiger charge is 2.25. The van der Waals surface area contributed by atoms with Gasteiger partial charge in [0, 0.05) is 51.9 Å². The van der Waals surface area contributed by atoms with Gasteiger partial charge < -0.3 is 16.0 Å². The second-order valence-electron chi connectivity index (χ2n) is 8.75. The number of nitrogens with one attached hydrogen (secondary N) is 3. The average Bonchev–Trinajstić information content (AvgIpc) is 3.24. The van der Waals surface area contributed by atoms with Crippen molar-refractivity contribution in [1.29, 1.82) is 0 Å². The number of hydrogen-bond acceptors (Lipinski definition) is 4. The number of amides is 1. The highest BCUT2D eigenvalue weighted by atomic mass is 127. The van der Waals surface area contributed by atoms with Crippen molar-refractivity contribution in [3.63, 3.8) is 0 Å². The summed E-state index contributed by atoms with van der Waals surface area (Å²) < 4.78 is 0. The first kappa shape index (κ1) is 26.9. The Hall–Kier alpha value is -1.39. The SMILES string of the molecule is CCCNC(=O)CN1CCC(NC(=NC)NCC2CCCN2Cc2ccccc2)CC1.I. The van der Waals surface area contributed by atoms with Gasteiger partial charge in [0.1, 0.15) is 0 Å². The van der Waals surface area contributed by atoms with Gasteiger partial charge in [0.05, 0.1) is 6.54 Å². The Morgan fingerprint density at radius 1 is 1.09 bits per heavy atom. The molecule has 1 atom stereocenters. The molecule has 7 nitrogen and oxygen atoms in total. The number of hydrogen-bond donors (Lipinski definition) is 3. The lowest BCUT2D eigenvalue weighted by Crippen LogP contribution is -2.51. The molecule has 2 saturated heterocycles. The maximum absolute atomic E-state index is 11.9. The molecule has 180 valence electrons. The van der Waals surface area contributed by atoms with E-state index in [1.807, 2.05) is 7.05 Å². The Bertz CT molecular complexity index is 693. The Morgan fingerprint density at radius 3 is 2.53 bits per heavy atom. The molecule has 32 heavy (non-hydrogen) atoms. The molecule has 2 fully saturated rings. The van der Waals surface area contributed by atoms with Gasteiger partial charge in [0.25, 0.3) is 0 Å². The summed E-state index contributed by atoms with van der Waals surface area (Å²) in [6, 6.07) is 11.7. The molecule has 3 N–H and O–H groups in total. The summed E-state index contributed by atoms with van der Waals surface area (Å²) in [5.41, 5.74) is 1.38. The number of halogens is 1. The number of benzene rings is 1.